The van der Waals surface area contributed by atoms with E-state index in [2.05, 4.69) is 121 Å². The second kappa shape index (κ2) is 38.6. The van der Waals surface area contributed by atoms with Crippen molar-refractivity contribution in [2.45, 2.75) is 196 Å². The maximum absolute atomic E-state index is 15.8. The molecule has 0 spiro atoms. The van der Waals surface area contributed by atoms with Gasteiger partial charge in [0.05, 0.1) is 49.0 Å². The molecule has 21 nitrogen and oxygen atoms in total. The summed E-state index contributed by atoms with van der Waals surface area (Å²) in [4.78, 5) is 52.6. The molecule has 0 bridgehead atoms. The average molecular weight is 1570 g/mol. The van der Waals surface area contributed by atoms with Crippen LogP contribution in [0.4, 0.5) is 30.2 Å². The summed E-state index contributed by atoms with van der Waals surface area (Å²) >= 11 is 0. The number of para-hydroxylation sites is 2. The standard InChI is InChI=1S/C82H103F3N6O15S3/c1-6-7-20-45-90-67-32-18-16-30-64(67)81(2,3)69(90)40-36-58-26-23-27-59(37-41-70-82(4,5)65-31-17-19-33-68(65)91(70)46-21-22-51-108(99,100)101)76(58)106-63-38-34-57(35-39-63)54-66(80(95)96)89-79(94)60(53-56-24-12-11-13-25-56)55-62(92)42-47-104-49-50-105-48-44-87-71(93)43-52-107(97,98)78-73(84)72(83)77(109(86,102)103)74(85)75(78)88-61-28-14-9-8-10-15-29-61/h11-13,16-19,24-25,30-41,60-61,66,88H,6-10,14-15,20-23,26-29,42-55H2,1-5H3,(H5-,86,87,89,93,94,95,96,99,100,101,102,103)/p+1/t60-,66+/m1/s1. The molecule has 2 atom stereocenters. The molecular formula is C82H104F3N6O15S3+. The fourth-order valence-corrected chi connectivity index (χ4v) is 17.6. The third-order valence-corrected chi connectivity index (χ3v) is 24.2. The summed E-state index contributed by atoms with van der Waals surface area (Å²) in [5.41, 5.74) is 8.38. The van der Waals surface area contributed by atoms with E-state index in [1.54, 1.807) is 36.4 Å². The summed E-state index contributed by atoms with van der Waals surface area (Å²) in [6, 6.07) is 31.0. The molecule has 1 fully saturated rings. The molecule has 5 aromatic rings. The Labute approximate surface area is 639 Å². The number of hydrogen-bond acceptors (Lipinski definition) is 15. The van der Waals surface area contributed by atoms with E-state index in [0.717, 1.165) is 91.6 Å². The molecule has 0 radical (unpaired) electrons. The predicted molar refractivity (Wildman–Crippen MR) is 414 cm³/mol. The number of anilines is 2. The van der Waals surface area contributed by atoms with Crippen molar-refractivity contribution in [1.29, 1.82) is 0 Å². The van der Waals surface area contributed by atoms with E-state index in [9.17, 15) is 54.1 Å². The smallest absolute Gasteiger partial charge is 0.326 e. The van der Waals surface area contributed by atoms with Gasteiger partial charge in [0, 0.05) is 91.7 Å². The van der Waals surface area contributed by atoms with E-state index in [4.69, 9.17) is 19.3 Å². The number of sulfonamides is 1. The first-order valence-corrected chi connectivity index (χ1v) is 42.6. The first-order valence-electron chi connectivity index (χ1n) is 37.8. The highest BCUT2D eigenvalue weighted by Gasteiger charge is 2.45. The maximum Gasteiger partial charge on any atom is 0.326 e. The minimum Gasteiger partial charge on any atom is -0.480 e. The van der Waals surface area contributed by atoms with Crippen molar-refractivity contribution >= 4 is 76.3 Å². The third-order valence-electron chi connectivity index (χ3n) is 20.7. The summed E-state index contributed by atoms with van der Waals surface area (Å²) in [5, 5.41) is 23.5. The Balaban J connectivity index is 0.819. The monoisotopic (exact) mass is 1570 g/mol. The van der Waals surface area contributed by atoms with Crippen molar-refractivity contribution < 1.29 is 86.0 Å². The van der Waals surface area contributed by atoms with Crippen LogP contribution in [0.1, 0.15) is 172 Å². The van der Waals surface area contributed by atoms with Crippen LogP contribution in [0.3, 0.4) is 0 Å². The molecule has 0 aromatic heterocycles. The Morgan fingerprint density at radius 3 is 2.03 bits per heavy atom. The van der Waals surface area contributed by atoms with E-state index in [-0.39, 0.29) is 75.6 Å². The van der Waals surface area contributed by atoms with Crippen LogP contribution in [-0.4, -0.2) is 138 Å². The van der Waals surface area contributed by atoms with Gasteiger partial charge in [-0.3, -0.25) is 18.9 Å². The van der Waals surface area contributed by atoms with Gasteiger partial charge in [-0.2, -0.15) is 13.0 Å². The number of fused-ring (bicyclic) bond motifs is 2. The van der Waals surface area contributed by atoms with Crippen LogP contribution in [0.25, 0.3) is 0 Å². The number of allylic oxidation sites excluding steroid dienone is 7. The number of ketones is 1. The number of nitrogens with one attached hydrogen (secondary N) is 3. The number of Topliss-reactive ketones (excluding diaryl/α,β-unsaturated/α-hetero) is 1. The van der Waals surface area contributed by atoms with Crippen molar-refractivity contribution in [3.8, 4) is 5.75 Å². The number of hydrogen-bond donors (Lipinski definition) is 6. The van der Waals surface area contributed by atoms with Crippen molar-refractivity contribution in [2.24, 2.45) is 11.1 Å². The highest BCUT2D eigenvalue weighted by atomic mass is 32.2. The zero-order chi connectivity index (χ0) is 78.7. The van der Waals surface area contributed by atoms with Crippen LogP contribution in [0, 0.1) is 23.4 Å². The average Bonchev–Trinajstić information content (AvgIpc) is 1.75. The normalized spacial score (nSPS) is 17.5. The number of carboxylic acid groups (broad SMARTS) is 1. The maximum atomic E-state index is 15.8. The lowest BCUT2D eigenvalue weighted by atomic mass is 9.81. The van der Waals surface area contributed by atoms with Gasteiger partial charge >= 0.3 is 5.97 Å². The molecule has 2 aliphatic carbocycles. The van der Waals surface area contributed by atoms with Crippen LogP contribution in [-0.2, 0) is 82.3 Å². The van der Waals surface area contributed by atoms with Crippen molar-refractivity contribution in [3.05, 3.63) is 190 Å². The molecule has 2 heterocycles. The van der Waals surface area contributed by atoms with E-state index in [0.29, 0.717) is 68.6 Å². The molecule has 7 N–H and O–H groups in total. The summed E-state index contributed by atoms with van der Waals surface area (Å²) < 4.78 is 152. The number of nitrogens with zero attached hydrogens (tertiary/aromatic N) is 2. The number of benzene rings is 5. The topological polar surface area (TPSA) is 307 Å². The van der Waals surface area contributed by atoms with E-state index in [1.165, 1.54) is 17.0 Å². The molecule has 2 aliphatic heterocycles. The Morgan fingerprint density at radius 2 is 1.34 bits per heavy atom. The van der Waals surface area contributed by atoms with Gasteiger partial charge < -0.3 is 40.2 Å². The second-order valence-electron chi connectivity index (χ2n) is 29.5. The summed E-state index contributed by atoms with van der Waals surface area (Å²) in [6.45, 7) is 12.3. The van der Waals surface area contributed by atoms with Crippen LogP contribution in [0.2, 0.25) is 0 Å². The minimum absolute atomic E-state index is 0.0102. The zero-order valence-corrected chi connectivity index (χ0v) is 65.3. The lowest BCUT2D eigenvalue weighted by Crippen LogP contribution is -2.45. The number of amides is 2. The molecular weight excluding hydrogens is 1460 g/mol. The molecule has 0 unspecified atom stereocenters. The Hall–Kier alpha value is -8.31. The lowest BCUT2D eigenvalue weighted by Gasteiger charge is -2.27. The largest absolute Gasteiger partial charge is 0.480 e. The number of unbranched alkanes of at least 4 members (excludes halogenated alkanes) is 3. The number of ether oxygens (including phenoxy) is 3. The minimum atomic E-state index is -5.19. The number of halogens is 3. The molecule has 2 amide bonds. The Bertz CT molecular complexity index is 4590. The second-order valence-corrected chi connectivity index (χ2v) is 34.7. The zero-order valence-electron chi connectivity index (χ0n) is 62.9. The number of sulfone groups is 1. The molecule has 590 valence electrons. The van der Waals surface area contributed by atoms with Crippen LogP contribution < -0.4 is 30.7 Å². The van der Waals surface area contributed by atoms with Crippen LogP contribution in [0.5, 0.6) is 5.75 Å². The number of carbonyl (C=O) groups excluding carboxylic acids is 3. The van der Waals surface area contributed by atoms with Crippen LogP contribution in [0.15, 0.2) is 160 Å². The van der Waals surface area contributed by atoms with E-state index in [1.807, 2.05) is 30.3 Å². The SMILES string of the molecule is CCCCC[N+]1=C(/C=C/C2=C(Oc3ccc(C[C@H](NC(=O)[C@@H](CC(=O)CCOCCOCCNC(=O)CCS(=O)(=O)c4c(F)c(F)c(S(N)(=O)=O)c(F)c4NC4CCCCCCC4)Cc4ccccc4)C(=O)O)cc3)C(=C/C=C3/N(CCCCS(=O)(=O)O)c4ccccc4C3(C)C)/CCC2)C(C)(C)c2ccccc21. The highest BCUT2D eigenvalue weighted by Crippen LogP contribution is 2.49. The molecule has 4 aliphatic rings. The predicted octanol–water partition coefficient (Wildman–Crippen LogP) is 13.5. The lowest BCUT2D eigenvalue weighted by molar-refractivity contribution is -0.438. The van der Waals surface area contributed by atoms with Gasteiger partial charge in [0.15, 0.2) is 37.9 Å². The highest BCUT2D eigenvalue weighted by molar-refractivity contribution is 7.91. The molecule has 27 heteroatoms. The van der Waals surface area contributed by atoms with Gasteiger partial charge in [0.1, 0.15) is 34.8 Å². The van der Waals surface area contributed by atoms with E-state index >= 15 is 13.2 Å². The van der Waals surface area contributed by atoms with Gasteiger partial charge in [0.2, 0.25) is 27.5 Å². The first-order chi connectivity index (χ1) is 51.9. The molecule has 5 aromatic carbocycles. The van der Waals surface area contributed by atoms with Crippen molar-refractivity contribution in [1.82, 2.24) is 10.6 Å². The quantitative estimate of drug-likeness (QED) is 0.00922. The van der Waals surface area contributed by atoms with Crippen molar-refractivity contribution in [2.75, 3.05) is 67.8 Å². The number of carbonyl (C=O) groups is 4. The van der Waals surface area contributed by atoms with E-state index < -0.39 is 116 Å². The number of aliphatic carboxylic acids is 1. The first kappa shape index (κ1) is 84.7. The molecule has 1 saturated carbocycles. The third kappa shape index (κ3) is 22.7. The Kier molecular flexibility index (Phi) is 30.0. The molecule has 0 saturated heterocycles. The van der Waals surface area contributed by atoms with Gasteiger partial charge in [-0.1, -0.05) is 144 Å². The fraction of sp³-hybridized carbons (Fsp3) is 0.476. The summed E-state index contributed by atoms with van der Waals surface area (Å²) in [7, 11) is -14.3. The van der Waals surface area contributed by atoms with Gasteiger partial charge in [-0.05, 0) is 130 Å². The summed E-state index contributed by atoms with van der Waals surface area (Å²) in [6.07, 6.45) is 18.8. The molecule has 9 rings (SSSR count). The Morgan fingerprint density at radius 1 is 0.688 bits per heavy atom. The van der Waals surface area contributed by atoms with Gasteiger partial charge in [-0.15, -0.1) is 0 Å². The van der Waals surface area contributed by atoms with Crippen LogP contribution >= 0.6 is 0 Å². The number of rotatable bonds is 39. The fourth-order valence-electron chi connectivity index (χ4n) is 14.9. The molecule has 109 heavy (non-hydrogen) atoms. The summed E-state index contributed by atoms with van der Waals surface area (Å²) in [5.74, 6) is -10.5. The van der Waals surface area contributed by atoms with Crippen molar-refractivity contribution in [3.63, 3.8) is 0 Å². The number of carboxylic acids is 1. The number of primary sulfonamides is 1. The van der Waals surface area contributed by atoms with Gasteiger partial charge in [0.25, 0.3) is 10.1 Å². The van der Waals surface area contributed by atoms with Gasteiger partial charge in [-0.25, -0.2) is 39.9 Å². The number of nitrogens with two attached hydrogens (primary N) is 1.